The summed E-state index contributed by atoms with van der Waals surface area (Å²) in [7, 11) is 0. The van der Waals surface area contributed by atoms with E-state index in [1.165, 1.54) is 11.3 Å². The van der Waals surface area contributed by atoms with E-state index in [-0.39, 0.29) is 6.61 Å². The van der Waals surface area contributed by atoms with Gasteiger partial charge in [-0.25, -0.2) is 5.48 Å². The molecule has 2 amide bonds. The third-order valence-electron chi connectivity index (χ3n) is 1.25. The van der Waals surface area contributed by atoms with Gasteiger partial charge >= 0.3 is 0 Å². The van der Waals surface area contributed by atoms with Gasteiger partial charge in [-0.2, -0.15) is 0 Å². The minimum absolute atomic E-state index is 0.348. The molecule has 0 aliphatic rings. The lowest BCUT2D eigenvalue weighted by atomic mass is 10.5. The van der Waals surface area contributed by atoms with Crippen molar-refractivity contribution >= 4 is 55.0 Å². The number of thiophene rings is 1. The van der Waals surface area contributed by atoms with E-state index >= 15 is 0 Å². The highest BCUT2D eigenvalue weighted by Gasteiger charge is 2.12. The fraction of sp³-hybridized carbons (Fsp3) is 0.143. The van der Waals surface area contributed by atoms with E-state index < -0.39 is 11.8 Å². The molecule has 1 aromatic rings. The van der Waals surface area contributed by atoms with Crippen LogP contribution in [0.4, 0.5) is 0 Å². The lowest BCUT2D eigenvalue weighted by Gasteiger charge is -2.00. The van der Waals surface area contributed by atoms with Gasteiger partial charge in [-0.3, -0.25) is 14.4 Å². The number of rotatable bonds is 4. The van der Waals surface area contributed by atoms with Gasteiger partial charge in [0.25, 0.3) is 5.91 Å². The van der Waals surface area contributed by atoms with Crippen LogP contribution in [0.3, 0.4) is 0 Å². The van der Waals surface area contributed by atoms with Gasteiger partial charge in [0.1, 0.15) is 0 Å². The van der Waals surface area contributed by atoms with Crippen LogP contribution in [0.25, 0.3) is 0 Å². The molecule has 8 heteroatoms. The number of carbonyl (C=O) groups is 2. The maximum atomic E-state index is 11.4. The molecule has 0 aliphatic heterocycles. The minimum atomic E-state index is -0.649. The Kier molecular flexibility index (Phi) is 4.71. The fourth-order valence-electron chi connectivity index (χ4n) is 0.682. The predicted molar refractivity (Wildman–Crippen MR) is 62.3 cm³/mol. The van der Waals surface area contributed by atoms with Gasteiger partial charge in [-0.1, -0.05) is 0 Å². The molecule has 0 saturated carbocycles. The number of hydrogen-bond acceptors (Lipinski definition) is 4. The van der Waals surface area contributed by atoms with E-state index in [1.807, 2.05) is 0 Å². The van der Waals surface area contributed by atoms with Crippen molar-refractivity contribution in [1.29, 1.82) is 0 Å². The molecule has 0 spiro atoms. The highest BCUT2D eigenvalue weighted by molar-refractivity contribution is 9.13. The summed E-state index contributed by atoms with van der Waals surface area (Å²) >= 11 is 7.74. The highest BCUT2D eigenvalue weighted by atomic mass is 79.9. The van der Waals surface area contributed by atoms with Crippen LogP contribution in [-0.2, 0) is 9.63 Å². The number of halogens is 2. The topological polar surface area (TPSA) is 81.4 Å². The third kappa shape index (κ3) is 3.90. The molecule has 0 bridgehead atoms. The Balaban J connectivity index is 2.50. The normalized spacial score (nSPS) is 10.0. The van der Waals surface area contributed by atoms with E-state index in [4.69, 9.17) is 5.73 Å². The van der Waals surface area contributed by atoms with Crippen molar-refractivity contribution in [2.24, 2.45) is 5.73 Å². The lowest BCUT2D eigenvalue weighted by Crippen LogP contribution is -2.28. The van der Waals surface area contributed by atoms with Crippen LogP contribution in [0.15, 0.2) is 14.3 Å². The number of nitrogens with one attached hydrogen (secondary N) is 1. The summed E-state index contributed by atoms with van der Waals surface area (Å²) in [6, 6.07) is 1.64. The van der Waals surface area contributed by atoms with E-state index in [1.54, 1.807) is 6.07 Å². The molecule has 82 valence electrons. The molecule has 5 nitrogen and oxygen atoms in total. The maximum Gasteiger partial charge on any atom is 0.284 e. The molecule has 1 rings (SSSR count). The molecule has 15 heavy (non-hydrogen) atoms. The zero-order valence-corrected chi connectivity index (χ0v) is 11.2. The van der Waals surface area contributed by atoms with Gasteiger partial charge < -0.3 is 5.73 Å². The molecule has 3 N–H and O–H groups in total. The predicted octanol–water partition coefficient (Wildman–Crippen LogP) is 1.42. The van der Waals surface area contributed by atoms with Crippen LogP contribution >= 0.6 is 43.2 Å². The van der Waals surface area contributed by atoms with Gasteiger partial charge in [-0.05, 0) is 37.9 Å². The van der Waals surface area contributed by atoms with E-state index in [0.717, 1.165) is 8.26 Å². The molecular formula is C7H6Br2N2O3S. The number of primary amides is 1. The second kappa shape index (κ2) is 5.59. The minimum Gasteiger partial charge on any atom is -0.368 e. The molecule has 0 aliphatic carbocycles. The summed E-state index contributed by atoms with van der Waals surface area (Å²) in [6.45, 7) is -0.348. The van der Waals surface area contributed by atoms with Gasteiger partial charge in [0, 0.05) is 4.47 Å². The number of nitrogens with two attached hydrogens (primary N) is 1. The van der Waals surface area contributed by atoms with E-state index in [0.29, 0.717) is 4.88 Å². The SMILES string of the molecule is NC(=O)CONC(=O)c1cc(Br)c(Br)s1. The van der Waals surface area contributed by atoms with Crippen molar-refractivity contribution in [2.75, 3.05) is 6.61 Å². The zero-order chi connectivity index (χ0) is 11.4. The summed E-state index contributed by atoms with van der Waals surface area (Å²) in [5, 5.41) is 0. The number of hydrogen-bond donors (Lipinski definition) is 2. The van der Waals surface area contributed by atoms with Crippen molar-refractivity contribution in [2.45, 2.75) is 0 Å². The average Bonchev–Trinajstić information content (AvgIpc) is 2.46. The first-order valence-corrected chi connectivity index (χ1v) is 6.06. The maximum absolute atomic E-state index is 11.4. The zero-order valence-electron chi connectivity index (χ0n) is 7.25. The van der Waals surface area contributed by atoms with Gasteiger partial charge in [0.2, 0.25) is 5.91 Å². The van der Waals surface area contributed by atoms with Crippen molar-refractivity contribution in [3.8, 4) is 0 Å². The average molecular weight is 358 g/mol. The number of amides is 2. The van der Waals surface area contributed by atoms with Crippen LogP contribution < -0.4 is 11.2 Å². The molecule has 0 aromatic carbocycles. The molecule has 0 fully saturated rings. The van der Waals surface area contributed by atoms with Crippen LogP contribution in [0.1, 0.15) is 9.67 Å². The highest BCUT2D eigenvalue weighted by Crippen LogP contribution is 2.32. The van der Waals surface area contributed by atoms with Crippen molar-refractivity contribution in [1.82, 2.24) is 5.48 Å². The third-order valence-corrected chi connectivity index (χ3v) is 4.50. The fourth-order valence-corrected chi connectivity index (χ4v) is 2.60. The molecule has 0 saturated heterocycles. The smallest absolute Gasteiger partial charge is 0.284 e. The summed E-state index contributed by atoms with van der Waals surface area (Å²) in [5.74, 6) is -1.07. The second-order valence-electron chi connectivity index (χ2n) is 2.42. The monoisotopic (exact) mass is 356 g/mol. The van der Waals surface area contributed by atoms with Gasteiger partial charge in [0.05, 0.1) is 8.66 Å². The Bertz CT molecular complexity index is 374. The van der Waals surface area contributed by atoms with Crippen LogP contribution in [0.2, 0.25) is 0 Å². The first-order valence-electron chi connectivity index (χ1n) is 3.66. The Morgan fingerprint density at radius 1 is 1.53 bits per heavy atom. The number of hydroxylamine groups is 1. The molecule has 0 atom stereocenters. The molecule has 1 heterocycles. The van der Waals surface area contributed by atoms with E-state index in [2.05, 4.69) is 42.2 Å². The second-order valence-corrected chi connectivity index (χ2v) is 5.64. The molecular weight excluding hydrogens is 352 g/mol. The van der Waals surface area contributed by atoms with Crippen molar-refractivity contribution in [3.63, 3.8) is 0 Å². The summed E-state index contributed by atoms with van der Waals surface area (Å²) in [6.07, 6.45) is 0. The van der Waals surface area contributed by atoms with E-state index in [9.17, 15) is 9.59 Å². The van der Waals surface area contributed by atoms with Gasteiger partial charge in [-0.15, -0.1) is 11.3 Å². The summed E-state index contributed by atoms with van der Waals surface area (Å²) in [4.78, 5) is 26.7. The Morgan fingerprint density at radius 2 is 2.20 bits per heavy atom. The first-order chi connectivity index (χ1) is 7.00. The van der Waals surface area contributed by atoms with Crippen LogP contribution in [0, 0.1) is 0 Å². The molecule has 0 unspecified atom stereocenters. The number of carbonyl (C=O) groups excluding carboxylic acids is 2. The first kappa shape index (κ1) is 12.6. The standard InChI is InChI=1S/C7H6Br2N2O3S/c8-3-1-4(15-6(3)9)7(13)11-14-2-5(10)12/h1H,2H2,(H2,10,12)(H,11,13). The molecule has 1 aromatic heterocycles. The molecule has 0 radical (unpaired) electrons. The van der Waals surface area contributed by atoms with Crippen LogP contribution in [0.5, 0.6) is 0 Å². The Morgan fingerprint density at radius 3 is 2.67 bits per heavy atom. The van der Waals surface area contributed by atoms with Crippen LogP contribution in [-0.4, -0.2) is 18.4 Å². The quantitative estimate of drug-likeness (QED) is 0.799. The van der Waals surface area contributed by atoms with Crippen molar-refractivity contribution in [3.05, 3.63) is 19.2 Å². The Labute approximate surface area is 106 Å². The van der Waals surface area contributed by atoms with Crippen molar-refractivity contribution < 1.29 is 14.4 Å². The largest absolute Gasteiger partial charge is 0.368 e. The van der Waals surface area contributed by atoms with Gasteiger partial charge in [0.15, 0.2) is 6.61 Å². The lowest BCUT2D eigenvalue weighted by molar-refractivity contribution is -0.124. The Hall–Kier alpha value is -0.440. The summed E-state index contributed by atoms with van der Waals surface area (Å²) < 4.78 is 1.59. The summed E-state index contributed by atoms with van der Waals surface area (Å²) in [5.41, 5.74) is 6.92.